The SMILES string of the molecule is CC(=Nc1cccnc1)[C]1[CH][CH][CH][CH]1. The van der Waals surface area contributed by atoms with Crippen molar-refractivity contribution in [3.63, 3.8) is 0 Å². The summed E-state index contributed by atoms with van der Waals surface area (Å²) in [6.07, 6.45) is 11.6. The third kappa shape index (κ3) is 2.19. The summed E-state index contributed by atoms with van der Waals surface area (Å²) in [6.45, 7) is 2.00. The van der Waals surface area contributed by atoms with E-state index in [9.17, 15) is 0 Å². The van der Waals surface area contributed by atoms with Crippen molar-refractivity contribution in [1.82, 2.24) is 4.98 Å². The van der Waals surface area contributed by atoms with E-state index in [2.05, 4.69) is 22.8 Å². The maximum absolute atomic E-state index is 4.46. The summed E-state index contributed by atoms with van der Waals surface area (Å²) in [7, 11) is 0. The van der Waals surface area contributed by atoms with Gasteiger partial charge in [-0.05, 0) is 44.7 Å². The van der Waals surface area contributed by atoms with Gasteiger partial charge in [0, 0.05) is 17.8 Å². The first kappa shape index (κ1) is 9.38. The lowest BCUT2D eigenvalue weighted by Crippen LogP contribution is -2.04. The minimum atomic E-state index is 0.895. The molecule has 1 heterocycles. The van der Waals surface area contributed by atoms with Crippen molar-refractivity contribution in [2.24, 2.45) is 4.99 Å². The van der Waals surface area contributed by atoms with E-state index in [4.69, 9.17) is 0 Å². The van der Waals surface area contributed by atoms with Gasteiger partial charge in [0.25, 0.3) is 0 Å². The van der Waals surface area contributed by atoms with E-state index in [0.717, 1.165) is 17.3 Å². The Morgan fingerprint density at radius 3 is 2.71 bits per heavy atom. The third-order valence-electron chi connectivity index (χ3n) is 2.02. The van der Waals surface area contributed by atoms with E-state index in [1.165, 1.54) is 0 Å². The second-order valence-corrected chi connectivity index (χ2v) is 3.08. The van der Waals surface area contributed by atoms with Crippen molar-refractivity contribution in [2.45, 2.75) is 6.92 Å². The van der Waals surface area contributed by atoms with Gasteiger partial charge < -0.3 is 0 Å². The molecule has 5 radical (unpaired) electrons. The molecule has 0 amide bonds. The lowest BCUT2D eigenvalue weighted by molar-refractivity contribution is 1.29. The Morgan fingerprint density at radius 1 is 1.29 bits per heavy atom. The normalized spacial score (nSPS) is 18.8. The molecule has 0 atom stereocenters. The highest BCUT2D eigenvalue weighted by Gasteiger charge is 2.19. The standard InChI is InChI=1S/C12H11N2/c1-10(11-5-2-3-6-11)14-12-7-4-8-13-9-12/h2-9H,1H3. The van der Waals surface area contributed by atoms with Crippen molar-refractivity contribution in [3.8, 4) is 0 Å². The van der Waals surface area contributed by atoms with Crippen molar-refractivity contribution >= 4 is 11.4 Å². The van der Waals surface area contributed by atoms with E-state index in [1.807, 2.05) is 31.9 Å². The van der Waals surface area contributed by atoms with Crippen LogP contribution in [0.15, 0.2) is 29.5 Å². The molecule has 1 aromatic rings. The zero-order chi connectivity index (χ0) is 9.80. The lowest BCUT2D eigenvalue weighted by atomic mass is 10.0. The van der Waals surface area contributed by atoms with Crippen LogP contribution in [0.5, 0.6) is 0 Å². The van der Waals surface area contributed by atoms with Crippen LogP contribution < -0.4 is 0 Å². The highest BCUT2D eigenvalue weighted by molar-refractivity contribution is 6.01. The largest absolute Gasteiger partial charge is 0.262 e. The lowest BCUT2D eigenvalue weighted by Gasteiger charge is -2.06. The van der Waals surface area contributed by atoms with Crippen LogP contribution in [-0.2, 0) is 0 Å². The molecule has 14 heavy (non-hydrogen) atoms. The van der Waals surface area contributed by atoms with E-state index < -0.39 is 0 Å². The first-order chi connectivity index (χ1) is 6.86. The molecular formula is C12H11N2. The van der Waals surface area contributed by atoms with Crippen LogP contribution in [0.2, 0.25) is 0 Å². The number of pyridine rings is 1. The molecule has 1 aliphatic carbocycles. The Bertz CT molecular complexity index is 310. The number of hydrogen-bond donors (Lipinski definition) is 0. The number of aromatic nitrogens is 1. The maximum atomic E-state index is 4.46. The Kier molecular flexibility index (Phi) is 2.92. The fourth-order valence-electron chi connectivity index (χ4n) is 1.29. The molecule has 0 saturated heterocycles. The van der Waals surface area contributed by atoms with Crippen LogP contribution >= 0.6 is 0 Å². The molecule has 1 aromatic heterocycles. The molecular weight excluding hydrogens is 172 g/mol. The molecule has 1 fully saturated rings. The van der Waals surface area contributed by atoms with Gasteiger partial charge in [0.2, 0.25) is 0 Å². The zero-order valence-corrected chi connectivity index (χ0v) is 8.01. The molecule has 0 unspecified atom stereocenters. The molecule has 0 N–H and O–H groups in total. The third-order valence-corrected chi connectivity index (χ3v) is 2.02. The van der Waals surface area contributed by atoms with Gasteiger partial charge in [0.15, 0.2) is 0 Å². The second-order valence-electron chi connectivity index (χ2n) is 3.08. The average Bonchev–Trinajstić information content (AvgIpc) is 2.72. The monoisotopic (exact) mass is 183 g/mol. The number of nitrogens with zero attached hydrogens (tertiary/aromatic N) is 2. The van der Waals surface area contributed by atoms with Crippen molar-refractivity contribution in [1.29, 1.82) is 0 Å². The van der Waals surface area contributed by atoms with E-state index >= 15 is 0 Å². The molecule has 1 aliphatic rings. The van der Waals surface area contributed by atoms with Crippen LogP contribution in [0, 0.1) is 31.6 Å². The summed E-state index contributed by atoms with van der Waals surface area (Å²) in [4.78, 5) is 8.47. The molecule has 0 aromatic carbocycles. The molecule has 2 nitrogen and oxygen atoms in total. The minimum Gasteiger partial charge on any atom is -0.262 e. The minimum absolute atomic E-state index is 0.895. The first-order valence-electron chi connectivity index (χ1n) is 4.53. The summed E-state index contributed by atoms with van der Waals surface area (Å²) in [5.74, 6) is 1.16. The topological polar surface area (TPSA) is 25.2 Å². The molecule has 1 saturated carbocycles. The number of hydrogen-bond acceptors (Lipinski definition) is 2. The average molecular weight is 183 g/mol. The van der Waals surface area contributed by atoms with Crippen molar-refractivity contribution in [3.05, 3.63) is 56.1 Å². The molecule has 69 valence electrons. The van der Waals surface area contributed by atoms with Crippen molar-refractivity contribution in [2.75, 3.05) is 0 Å². The first-order valence-corrected chi connectivity index (χ1v) is 4.53. The predicted molar refractivity (Wildman–Crippen MR) is 57.4 cm³/mol. The van der Waals surface area contributed by atoms with Gasteiger partial charge in [-0.2, -0.15) is 0 Å². The predicted octanol–water partition coefficient (Wildman–Crippen LogP) is 2.58. The van der Waals surface area contributed by atoms with Crippen LogP contribution in [0.3, 0.4) is 0 Å². The number of aliphatic imine (C=N–C) groups is 1. The number of rotatable bonds is 2. The van der Waals surface area contributed by atoms with Gasteiger partial charge in [0.05, 0.1) is 11.9 Å². The smallest absolute Gasteiger partial charge is 0.0812 e. The van der Waals surface area contributed by atoms with Gasteiger partial charge in [0.1, 0.15) is 0 Å². The molecule has 2 heteroatoms. The summed E-state index contributed by atoms with van der Waals surface area (Å²) >= 11 is 0. The van der Waals surface area contributed by atoms with Gasteiger partial charge in [-0.3, -0.25) is 9.98 Å². The molecule has 2 rings (SSSR count). The molecule has 0 bridgehead atoms. The summed E-state index contributed by atoms with van der Waals surface area (Å²) in [6, 6.07) is 3.83. The second kappa shape index (κ2) is 4.36. The van der Waals surface area contributed by atoms with Crippen LogP contribution in [0.25, 0.3) is 0 Å². The highest BCUT2D eigenvalue weighted by Crippen LogP contribution is 2.25. The Morgan fingerprint density at radius 2 is 2.07 bits per heavy atom. The summed E-state index contributed by atoms with van der Waals surface area (Å²) < 4.78 is 0. The van der Waals surface area contributed by atoms with Crippen LogP contribution in [0.4, 0.5) is 5.69 Å². The highest BCUT2D eigenvalue weighted by atomic mass is 14.8. The quantitative estimate of drug-likeness (QED) is 0.647. The van der Waals surface area contributed by atoms with Crippen LogP contribution in [-0.4, -0.2) is 10.7 Å². The summed E-state index contributed by atoms with van der Waals surface area (Å²) in [5, 5.41) is 0. The summed E-state index contributed by atoms with van der Waals surface area (Å²) in [5.41, 5.74) is 1.91. The fraction of sp³-hybridized carbons (Fsp3) is 0.0833. The van der Waals surface area contributed by atoms with Crippen molar-refractivity contribution < 1.29 is 0 Å². The molecule has 0 aliphatic heterocycles. The Labute approximate surface area is 85.1 Å². The van der Waals surface area contributed by atoms with E-state index in [1.54, 1.807) is 12.4 Å². The zero-order valence-electron chi connectivity index (χ0n) is 8.01. The fourth-order valence-corrected chi connectivity index (χ4v) is 1.29. The van der Waals surface area contributed by atoms with Gasteiger partial charge in [-0.1, -0.05) is 0 Å². The Hall–Kier alpha value is -1.18. The van der Waals surface area contributed by atoms with Crippen LogP contribution in [0.1, 0.15) is 6.92 Å². The maximum Gasteiger partial charge on any atom is 0.0812 e. The molecule has 0 spiro atoms. The van der Waals surface area contributed by atoms with Gasteiger partial charge in [-0.15, -0.1) is 0 Å². The Balaban J connectivity index is 2.10. The van der Waals surface area contributed by atoms with Gasteiger partial charge in [-0.25, -0.2) is 0 Å². The van der Waals surface area contributed by atoms with E-state index in [-0.39, 0.29) is 0 Å². The van der Waals surface area contributed by atoms with Gasteiger partial charge >= 0.3 is 0 Å². The van der Waals surface area contributed by atoms with E-state index in [0.29, 0.717) is 0 Å².